The Hall–Kier alpha value is -0.160. The van der Waals surface area contributed by atoms with Crippen LogP contribution in [-0.2, 0) is 19.6 Å². The van der Waals surface area contributed by atoms with Crippen LogP contribution in [0.4, 0.5) is 0 Å². The Morgan fingerprint density at radius 2 is 0.778 bits per heavy atom. The molecule has 0 heterocycles. The average Bonchev–Trinajstić information content (AvgIpc) is 2.84. The lowest BCUT2D eigenvalue weighted by molar-refractivity contribution is -0.374. The van der Waals surface area contributed by atoms with Gasteiger partial charge >= 0.3 is 0 Å². The highest BCUT2D eigenvalue weighted by molar-refractivity contribution is 4.75. The topological polar surface area (TPSA) is 36.9 Å². The molecule has 0 saturated heterocycles. The summed E-state index contributed by atoms with van der Waals surface area (Å²) < 4.78 is 0. The molecule has 0 aliphatic carbocycles. The quantitative estimate of drug-likeness (QED) is 0.0620. The number of hydrogen-bond acceptors (Lipinski definition) is 4. The van der Waals surface area contributed by atoms with Crippen LogP contribution in [0.1, 0.15) is 171 Å². The molecule has 0 aliphatic rings. The van der Waals surface area contributed by atoms with E-state index in [1.165, 1.54) is 103 Å². The van der Waals surface area contributed by atoms with E-state index in [0.717, 1.165) is 12.8 Å². The summed E-state index contributed by atoms with van der Waals surface area (Å²) >= 11 is 0. The minimum atomic E-state index is -0.346. The lowest BCUT2D eigenvalue weighted by Gasteiger charge is -2.30. The van der Waals surface area contributed by atoms with Gasteiger partial charge in [0.2, 0.25) is 0 Å². The van der Waals surface area contributed by atoms with Crippen LogP contribution in [0.5, 0.6) is 0 Å². The highest BCUT2D eigenvalue weighted by Gasteiger charge is 2.28. The minimum Gasteiger partial charge on any atom is -0.236 e. The Morgan fingerprint density at radius 1 is 0.444 bits per heavy atom. The maximum atomic E-state index is 5.92. The molecule has 4 nitrogen and oxygen atoms in total. The molecule has 4 heteroatoms. The van der Waals surface area contributed by atoms with Gasteiger partial charge in [-0.15, -0.1) is 0 Å². The molecule has 0 spiro atoms. The van der Waals surface area contributed by atoms with E-state index in [1.54, 1.807) is 0 Å². The van der Waals surface area contributed by atoms with Gasteiger partial charge in [-0.05, 0) is 78.1 Å². The fourth-order valence-corrected chi connectivity index (χ4v) is 4.59. The van der Waals surface area contributed by atoms with Gasteiger partial charge in [-0.3, -0.25) is 0 Å². The highest BCUT2D eigenvalue weighted by Crippen LogP contribution is 2.27. The van der Waals surface area contributed by atoms with Crippen LogP contribution in [0.3, 0.4) is 0 Å². The monoisotopic (exact) mass is 514 g/mol. The summed E-state index contributed by atoms with van der Waals surface area (Å²) in [7, 11) is 0. The number of rotatable bonds is 27. The first kappa shape index (κ1) is 35.8. The van der Waals surface area contributed by atoms with Crippen LogP contribution >= 0.6 is 0 Å². The van der Waals surface area contributed by atoms with Crippen LogP contribution in [0.25, 0.3) is 0 Å². The Morgan fingerprint density at radius 3 is 1.11 bits per heavy atom. The average molecular weight is 515 g/mol. The summed E-state index contributed by atoms with van der Waals surface area (Å²) in [6, 6.07) is 0. The van der Waals surface area contributed by atoms with Gasteiger partial charge in [0.1, 0.15) is 0 Å². The molecule has 0 rings (SSSR count). The second-order valence-corrected chi connectivity index (χ2v) is 12.5. The molecule has 0 radical (unpaired) electrons. The second-order valence-electron chi connectivity index (χ2n) is 12.5. The third-order valence-corrected chi connectivity index (χ3v) is 7.37. The van der Waals surface area contributed by atoms with Gasteiger partial charge in [0.05, 0.1) is 24.4 Å². The minimum absolute atomic E-state index is 0.346. The van der Waals surface area contributed by atoms with Crippen LogP contribution in [-0.4, -0.2) is 24.4 Å². The van der Waals surface area contributed by atoms with Crippen molar-refractivity contribution in [2.24, 2.45) is 11.8 Å². The summed E-state index contributed by atoms with van der Waals surface area (Å²) in [5.74, 6) is 1.21. The lowest BCUT2D eigenvalue weighted by Crippen LogP contribution is -2.32. The molecule has 0 bridgehead atoms. The van der Waals surface area contributed by atoms with E-state index < -0.39 is 0 Å². The molecule has 0 aromatic rings. The number of unbranched alkanes of at least 4 members (excludes halogenated alkanes) is 8. The molecular weight excluding hydrogens is 448 g/mol. The fourth-order valence-electron chi connectivity index (χ4n) is 4.59. The van der Waals surface area contributed by atoms with Gasteiger partial charge in [-0.25, -0.2) is 19.6 Å². The zero-order valence-corrected chi connectivity index (χ0v) is 25.9. The fraction of sp³-hybridized carbons (Fsp3) is 1.00. The van der Waals surface area contributed by atoms with E-state index in [4.69, 9.17) is 19.6 Å². The first-order chi connectivity index (χ1) is 17.2. The van der Waals surface area contributed by atoms with Crippen molar-refractivity contribution in [2.45, 2.75) is 182 Å². The van der Waals surface area contributed by atoms with Crippen LogP contribution in [0, 0.1) is 11.8 Å². The largest absolute Gasteiger partial charge is 0.236 e. The predicted octanol–water partition coefficient (Wildman–Crippen LogP) is 10.8. The van der Waals surface area contributed by atoms with Gasteiger partial charge in [0.15, 0.2) is 0 Å². The first-order valence-electron chi connectivity index (χ1n) is 15.8. The molecule has 2 unspecified atom stereocenters. The third-order valence-electron chi connectivity index (χ3n) is 7.37. The van der Waals surface area contributed by atoms with Crippen LogP contribution in [0.2, 0.25) is 0 Å². The van der Waals surface area contributed by atoms with Crippen molar-refractivity contribution in [1.29, 1.82) is 0 Å². The second kappa shape index (κ2) is 22.8. The van der Waals surface area contributed by atoms with E-state index in [-0.39, 0.29) is 11.2 Å². The molecule has 218 valence electrons. The van der Waals surface area contributed by atoms with E-state index in [1.807, 2.05) is 0 Å². The molecule has 0 aromatic heterocycles. The van der Waals surface area contributed by atoms with E-state index in [0.29, 0.717) is 25.0 Å². The Bertz CT molecular complexity index is 421. The SMILES string of the molecule is CCCCCCC(CCCC)COOC(C)(C)CCC(C)(C)OOCC(CCCC)CCCCCC. The predicted molar refractivity (Wildman–Crippen MR) is 155 cm³/mol. The Labute approximate surface area is 226 Å². The molecule has 2 atom stereocenters. The zero-order chi connectivity index (χ0) is 27.1. The molecule has 36 heavy (non-hydrogen) atoms. The van der Waals surface area contributed by atoms with Crippen molar-refractivity contribution in [1.82, 2.24) is 0 Å². The van der Waals surface area contributed by atoms with Crippen molar-refractivity contribution in [3.8, 4) is 0 Å². The number of hydrogen-bond donors (Lipinski definition) is 0. The Balaban J connectivity index is 4.37. The summed E-state index contributed by atoms with van der Waals surface area (Å²) in [6.45, 7) is 18.9. The van der Waals surface area contributed by atoms with Crippen molar-refractivity contribution in [3.63, 3.8) is 0 Å². The van der Waals surface area contributed by atoms with Crippen molar-refractivity contribution in [2.75, 3.05) is 13.2 Å². The molecule has 0 aromatic carbocycles. The standard InChI is InChI=1S/C32H66O4/c1-9-13-17-19-23-29(21-15-11-3)27-33-35-31(5,6)25-26-32(7,8)36-34-28-30(22-16-12-4)24-20-18-14-10-2/h29-30H,9-28H2,1-8H3. The van der Waals surface area contributed by atoms with E-state index >= 15 is 0 Å². The Kier molecular flexibility index (Phi) is 22.7. The summed E-state index contributed by atoms with van der Waals surface area (Å²) in [4.78, 5) is 23.5. The smallest absolute Gasteiger partial charge is 0.0981 e. The van der Waals surface area contributed by atoms with E-state index in [2.05, 4.69) is 55.4 Å². The molecular formula is C32H66O4. The van der Waals surface area contributed by atoms with Crippen molar-refractivity contribution in [3.05, 3.63) is 0 Å². The summed E-state index contributed by atoms with van der Waals surface area (Å²) in [5.41, 5.74) is -0.692. The molecule has 0 aliphatic heterocycles. The normalized spacial score (nSPS) is 14.3. The van der Waals surface area contributed by atoms with Gasteiger partial charge in [-0.2, -0.15) is 0 Å². The molecule has 0 fully saturated rings. The molecule has 0 saturated carbocycles. The maximum Gasteiger partial charge on any atom is 0.0981 e. The van der Waals surface area contributed by atoms with Crippen LogP contribution < -0.4 is 0 Å². The molecule has 0 amide bonds. The lowest BCUT2D eigenvalue weighted by atomic mass is 9.94. The van der Waals surface area contributed by atoms with Crippen LogP contribution in [0.15, 0.2) is 0 Å². The van der Waals surface area contributed by atoms with Crippen molar-refractivity contribution < 1.29 is 19.6 Å². The summed E-state index contributed by atoms with van der Waals surface area (Å²) in [5, 5.41) is 0. The van der Waals surface area contributed by atoms with Gasteiger partial charge in [0, 0.05) is 0 Å². The summed E-state index contributed by atoms with van der Waals surface area (Å²) in [6.07, 6.45) is 22.3. The maximum absolute atomic E-state index is 5.92. The van der Waals surface area contributed by atoms with Gasteiger partial charge < -0.3 is 0 Å². The zero-order valence-electron chi connectivity index (χ0n) is 25.9. The molecule has 0 N–H and O–H groups in total. The van der Waals surface area contributed by atoms with Crippen molar-refractivity contribution >= 4 is 0 Å². The van der Waals surface area contributed by atoms with Gasteiger partial charge in [-0.1, -0.05) is 105 Å². The first-order valence-corrected chi connectivity index (χ1v) is 15.8. The third kappa shape index (κ3) is 21.9. The van der Waals surface area contributed by atoms with E-state index in [9.17, 15) is 0 Å². The highest BCUT2D eigenvalue weighted by atomic mass is 17.2. The van der Waals surface area contributed by atoms with Gasteiger partial charge in [0.25, 0.3) is 0 Å².